The number of nitrogens with zero attached hydrogens (tertiary/aromatic N) is 4. The molecular weight excluding hydrogens is 537 g/mol. The Labute approximate surface area is 227 Å². The molecule has 1 aliphatic carbocycles. The van der Waals surface area contributed by atoms with Gasteiger partial charge in [0.1, 0.15) is 6.10 Å². The molecule has 0 aromatic carbocycles. The lowest BCUT2D eigenvalue weighted by molar-refractivity contribution is -0.137. The van der Waals surface area contributed by atoms with Crippen LogP contribution in [0.2, 0.25) is 0 Å². The number of methoxy groups -OCH3 is 1. The van der Waals surface area contributed by atoms with Gasteiger partial charge in [-0.3, -0.25) is 19.3 Å². The number of aryl methyl sites for hydroxylation is 1. The Bertz CT molecular complexity index is 1260. The van der Waals surface area contributed by atoms with Gasteiger partial charge in [-0.1, -0.05) is 11.3 Å². The van der Waals surface area contributed by atoms with Crippen LogP contribution < -0.4 is 20.1 Å². The van der Waals surface area contributed by atoms with Gasteiger partial charge < -0.3 is 20.1 Å². The molecule has 39 heavy (non-hydrogen) atoms. The minimum atomic E-state index is -4.27. The van der Waals surface area contributed by atoms with Crippen LogP contribution in [0.3, 0.4) is 0 Å². The molecule has 0 bridgehead atoms. The molecule has 1 atom stereocenters. The Morgan fingerprint density at radius 1 is 1.26 bits per heavy atom. The maximum atomic E-state index is 12.4. The fourth-order valence-electron chi connectivity index (χ4n) is 3.95. The summed E-state index contributed by atoms with van der Waals surface area (Å²) in [6.45, 7) is 3.88. The number of alkyl halides is 3. The number of halogens is 3. The fourth-order valence-corrected chi connectivity index (χ4v) is 4.71. The summed E-state index contributed by atoms with van der Waals surface area (Å²) in [5.41, 5.74) is 0.737. The predicted octanol–water partition coefficient (Wildman–Crippen LogP) is 4.02. The molecule has 3 heterocycles. The van der Waals surface area contributed by atoms with Crippen molar-refractivity contribution in [2.75, 3.05) is 14.2 Å². The monoisotopic (exact) mass is 568 g/mol. The molecule has 0 saturated heterocycles. The van der Waals surface area contributed by atoms with Crippen LogP contribution in [0.5, 0.6) is 11.1 Å². The van der Waals surface area contributed by atoms with Crippen molar-refractivity contribution < 1.29 is 32.2 Å². The molecule has 2 N–H and O–H groups in total. The molecule has 0 spiro atoms. The van der Waals surface area contributed by atoms with Crippen LogP contribution in [-0.2, 0) is 13.2 Å². The van der Waals surface area contributed by atoms with Crippen molar-refractivity contribution in [1.82, 2.24) is 30.4 Å². The maximum absolute atomic E-state index is 12.4. The van der Waals surface area contributed by atoms with E-state index in [0.29, 0.717) is 27.4 Å². The molecule has 14 heteroatoms. The predicted molar refractivity (Wildman–Crippen MR) is 138 cm³/mol. The second kappa shape index (κ2) is 12.9. The lowest BCUT2D eigenvalue weighted by Crippen LogP contribution is -2.40. The lowest BCUT2D eigenvalue weighted by Gasteiger charge is -2.36. The second-order valence-electron chi connectivity index (χ2n) is 9.09. The number of amides is 2. The smallest absolute Gasteiger partial charge is 0.417 e. The summed E-state index contributed by atoms with van der Waals surface area (Å²) in [7, 11) is 4.90. The zero-order valence-electron chi connectivity index (χ0n) is 22.2. The van der Waals surface area contributed by atoms with E-state index in [0.717, 1.165) is 48.6 Å². The third-order valence-electron chi connectivity index (χ3n) is 6.19. The van der Waals surface area contributed by atoms with Gasteiger partial charge in [-0.05, 0) is 51.2 Å². The average molecular weight is 569 g/mol. The third-order valence-corrected chi connectivity index (χ3v) is 7.18. The summed E-state index contributed by atoms with van der Waals surface area (Å²) in [5.74, 6) is 0.441. The Morgan fingerprint density at radius 3 is 2.49 bits per heavy atom. The quantitative estimate of drug-likeness (QED) is 0.421. The van der Waals surface area contributed by atoms with Gasteiger partial charge in [-0.15, -0.1) is 0 Å². The molecule has 4 rings (SSSR count). The number of thiazole rings is 1. The van der Waals surface area contributed by atoms with E-state index in [1.54, 1.807) is 17.9 Å². The molecule has 1 fully saturated rings. The summed E-state index contributed by atoms with van der Waals surface area (Å²) >= 11 is 1.16. The number of hydrogen-bond donors (Lipinski definition) is 2. The zero-order valence-corrected chi connectivity index (χ0v) is 23.0. The first-order valence-corrected chi connectivity index (χ1v) is 12.9. The number of carbonyl (C=O) groups excluding carboxylic acids is 2. The van der Waals surface area contributed by atoms with Gasteiger partial charge in [0.05, 0.1) is 24.4 Å². The van der Waals surface area contributed by atoms with Crippen molar-refractivity contribution in [3.8, 4) is 11.1 Å². The highest BCUT2D eigenvalue weighted by Gasteiger charge is 2.34. The van der Waals surface area contributed by atoms with Crippen molar-refractivity contribution in [2.24, 2.45) is 13.0 Å². The van der Waals surface area contributed by atoms with E-state index in [4.69, 9.17) is 9.47 Å². The standard InChI is InChI=1S/C19H27N5O4S.C6H4F3N/c1-10(22-16(25)14-9-21-24(4)11(14)2)6-12-7-13(8-12)28-18-15(17(26)20-3)29-19(23-18)27-5;7-6(8,9)5-2-1-3-10-4-5/h9-10,12-13H,6-8H2,1-5H3,(H,20,26)(H,22,25);1-4H/t10-,12?,13?;/m0./s1. The number of rotatable bonds is 8. The van der Waals surface area contributed by atoms with E-state index in [1.807, 2.05) is 20.9 Å². The summed E-state index contributed by atoms with van der Waals surface area (Å²) in [6, 6.07) is 2.28. The highest BCUT2D eigenvalue weighted by Crippen LogP contribution is 2.38. The Morgan fingerprint density at radius 2 is 1.97 bits per heavy atom. The number of nitrogens with one attached hydrogen (secondary N) is 2. The molecule has 1 saturated carbocycles. The fraction of sp³-hybridized carbons (Fsp3) is 0.480. The topological polar surface area (TPSA) is 120 Å². The van der Waals surface area contributed by atoms with Gasteiger partial charge in [-0.25, -0.2) is 0 Å². The van der Waals surface area contributed by atoms with Crippen LogP contribution in [0, 0.1) is 12.8 Å². The molecule has 1 aliphatic rings. The van der Waals surface area contributed by atoms with Crippen LogP contribution in [0.1, 0.15) is 57.5 Å². The first kappa shape index (κ1) is 29.9. The van der Waals surface area contributed by atoms with Crippen LogP contribution in [-0.4, -0.2) is 57.9 Å². The largest absolute Gasteiger partial charge is 0.473 e. The maximum Gasteiger partial charge on any atom is 0.417 e. The average Bonchev–Trinajstić information content (AvgIpc) is 3.45. The normalized spacial score (nSPS) is 17.2. The number of pyridine rings is 1. The van der Waals surface area contributed by atoms with Crippen LogP contribution in [0.15, 0.2) is 30.7 Å². The number of hydrogen-bond acceptors (Lipinski definition) is 8. The number of aromatic nitrogens is 4. The molecule has 0 radical (unpaired) electrons. The Hall–Kier alpha value is -3.68. The molecular formula is C25H31F3N6O4S. The zero-order chi connectivity index (χ0) is 28.7. The highest BCUT2D eigenvalue weighted by molar-refractivity contribution is 7.15. The van der Waals surface area contributed by atoms with Gasteiger partial charge in [-0.2, -0.15) is 23.3 Å². The van der Waals surface area contributed by atoms with Gasteiger partial charge in [0.2, 0.25) is 5.88 Å². The SMILES string of the molecule is CNC(=O)c1sc(OC)nc1OC1CC(C[C@H](C)NC(=O)c2cnn(C)c2C)C1.FC(F)(F)c1cccnc1. The molecule has 2 amide bonds. The van der Waals surface area contributed by atoms with E-state index in [9.17, 15) is 22.8 Å². The summed E-state index contributed by atoms with van der Waals surface area (Å²) in [4.78, 5) is 32.4. The highest BCUT2D eigenvalue weighted by atomic mass is 32.1. The number of carbonyl (C=O) groups is 2. The molecule has 10 nitrogen and oxygen atoms in total. The van der Waals surface area contributed by atoms with E-state index < -0.39 is 11.7 Å². The Balaban J connectivity index is 0.000000353. The minimum Gasteiger partial charge on any atom is -0.473 e. The molecule has 3 aromatic heterocycles. The van der Waals surface area contributed by atoms with Crippen molar-refractivity contribution in [2.45, 2.75) is 51.4 Å². The van der Waals surface area contributed by atoms with E-state index in [2.05, 4.69) is 25.7 Å². The third kappa shape index (κ3) is 7.91. The van der Waals surface area contributed by atoms with Crippen molar-refractivity contribution in [3.05, 3.63) is 52.4 Å². The van der Waals surface area contributed by atoms with Crippen LogP contribution >= 0.6 is 11.3 Å². The summed E-state index contributed by atoms with van der Waals surface area (Å²) < 4.78 is 48.0. The number of ether oxygens (including phenoxy) is 2. The van der Waals surface area contributed by atoms with Gasteiger partial charge >= 0.3 is 6.18 Å². The summed E-state index contributed by atoms with van der Waals surface area (Å²) in [5, 5.41) is 10.1. The lowest BCUT2D eigenvalue weighted by atomic mass is 9.78. The first-order valence-electron chi connectivity index (χ1n) is 12.1. The minimum absolute atomic E-state index is 0.0127. The van der Waals surface area contributed by atoms with E-state index >= 15 is 0 Å². The molecule has 212 valence electrons. The van der Waals surface area contributed by atoms with Crippen molar-refractivity contribution in [1.29, 1.82) is 0 Å². The van der Waals surface area contributed by atoms with Gasteiger partial charge in [0.25, 0.3) is 17.0 Å². The molecule has 3 aromatic rings. The van der Waals surface area contributed by atoms with Crippen molar-refractivity contribution >= 4 is 23.2 Å². The molecule has 0 aliphatic heterocycles. The van der Waals surface area contributed by atoms with E-state index in [-0.39, 0.29) is 24.0 Å². The molecule has 0 unspecified atom stereocenters. The van der Waals surface area contributed by atoms with Crippen LogP contribution in [0.4, 0.5) is 13.2 Å². The Kier molecular flexibility index (Phi) is 9.89. The van der Waals surface area contributed by atoms with Gasteiger partial charge in [0, 0.05) is 38.2 Å². The summed E-state index contributed by atoms with van der Waals surface area (Å²) in [6.07, 6.45) is 2.02. The van der Waals surface area contributed by atoms with E-state index in [1.165, 1.54) is 19.4 Å². The first-order chi connectivity index (χ1) is 18.4. The van der Waals surface area contributed by atoms with Crippen LogP contribution in [0.25, 0.3) is 0 Å². The second-order valence-corrected chi connectivity index (χ2v) is 10.1. The van der Waals surface area contributed by atoms with Gasteiger partial charge in [0.15, 0.2) is 4.88 Å². The van der Waals surface area contributed by atoms with Crippen molar-refractivity contribution in [3.63, 3.8) is 0 Å².